The molecule has 2 heterocycles. The highest BCUT2D eigenvalue weighted by Gasteiger charge is 2.21. The van der Waals surface area contributed by atoms with Crippen LogP contribution >= 0.6 is 11.6 Å². The predicted octanol–water partition coefficient (Wildman–Crippen LogP) is 3.40. The summed E-state index contributed by atoms with van der Waals surface area (Å²) in [6.07, 6.45) is 1.56. The van der Waals surface area contributed by atoms with Gasteiger partial charge in [-0.3, -0.25) is 4.79 Å². The lowest BCUT2D eigenvalue weighted by Crippen LogP contribution is -2.06. The molecule has 116 valence electrons. The van der Waals surface area contributed by atoms with Crippen molar-refractivity contribution in [2.75, 3.05) is 6.61 Å². The summed E-state index contributed by atoms with van der Waals surface area (Å²) < 4.78 is 6.49. The quantitative estimate of drug-likeness (QED) is 0.544. The number of ether oxygens (including phenoxy) is 1. The Morgan fingerprint density at radius 3 is 2.65 bits per heavy atom. The summed E-state index contributed by atoms with van der Waals surface area (Å²) >= 11 is 5.85. The number of esters is 1. The second-order valence-electron chi connectivity index (χ2n) is 4.82. The molecule has 0 bridgehead atoms. The molecular weight excluding hydrogens is 316 g/mol. The first-order valence-electron chi connectivity index (χ1n) is 7.06. The van der Waals surface area contributed by atoms with Crippen molar-refractivity contribution in [2.24, 2.45) is 0 Å². The van der Waals surface area contributed by atoms with Crippen LogP contribution in [0.15, 0.2) is 48.7 Å². The summed E-state index contributed by atoms with van der Waals surface area (Å²) in [4.78, 5) is 24.8. The van der Waals surface area contributed by atoms with Crippen LogP contribution in [0.1, 0.15) is 33.3 Å². The van der Waals surface area contributed by atoms with Gasteiger partial charge in [-0.1, -0.05) is 11.6 Å². The van der Waals surface area contributed by atoms with Gasteiger partial charge in [0.2, 0.25) is 5.78 Å². The van der Waals surface area contributed by atoms with Crippen molar-refractivity contribution in [3.05, 3.63) is 70.5 Å². The number of halogens is 1. The number of rotatable bonds is 4. The average molecular weight is 329 g/mol. The molecular formula is C17H13ClN2O3. The normalized spacial score (nSPS) is 10.7. The predicted molar refractivity (Wildman–Crippen MR) is 86.0 cm³/mol. The van der Waals surface area contributed by atoms with E-state index in [1.54, 1.807) is 49.5 Å². The van der Waals surface area contributed by atoms with Gasteiger partial charge in [0.1, 0.15) is 5.69 Å². The Morgan fingerprint density at radius 2 is 1.96 bits per heavy atom. The Bertz CT molecular complexity index is 884. The molecule has 0 spiro atoms. The summed E-state index contributed by atoms with van der Waals surface area (Å²) in [5.41, 5.74) is 1.61. The number of nitrogens with zero attached hydrogens (tertiary/aromatic N) is 2. The molecule has 0 unspecified atom stereocenters. The molecule has 0 radical (unpaired) electrons. The van der Waals surface area contributed by atoms with Crippen LogP contribution in [-0.2, 0) is 4.74 Å². The van der Waals surface area contributed by atoms with Crippen LogP contribution in [0.4, 0.5) is 0 Å². The maximum atomic E-state index is 12.7. The van der Waals surface area contributed by atoms with Crippen LogP contribution < -0.4 is 0 Å². The van der Waals surface area contributed by atoms with Crippen molar-refractivity contribution in [1.82, 2.24) is 9.61 Å². The number of fused-ring (bicyclic) bond motifs is 1. The number of carbonyl (C=O) groups excluding carboxylic acids is 2. The van der Waals surface area contributed by atoms with E-state index in [0.29, 0.717) is 27.4 Å². The van der Waals surface area contributed by atoms with Crippen LogP contribution in [0.5, 0.6) is 0 Å². The largest absolute Gasteiger partial charge is 0.462 e. The van der Waals surface area contributed by atoms with Crippen LogP contribution in [-0.4, -0.2) is 28.0 Å². The molecule has 0 aliphatic carbocycles. The minimum Gasteiger partial charge on any atom is -0.462 e. The van der Waals surface area contributed by atoms with E-state index in [1.807, 2.05) is 0 Å². The molecule has 1 aromatic carbocycles. The maximum absolute atomic E-state index is 12.7. The van der Waals surface area contributed by atoms with Gasteiger partial charge in [-0.25, -0.2) is 9.31 Å². The van der Waals surface area contributed by atoms with Crippen LogP contribution in [0, 0.1) is 0 Å². The number of aromatic nitrogens is 2. The molecule has 2 aromatic heterocycles. The second kappa shape index (κ2) is 6.22. The fourth-order valence-electron chi connectivity index (χ4n) is 2.32. The summed E-state index contributed by atoms with van der Waals surface area (Å²) in [7, 11) is 0. The van der Waals surface area contributed by atoms with Gasteiger partial charge in [0.05, 0.1) is 17.7 Å². The number of benzene rings is 1. The highest BCUT2D eigenvalue weighted by atomic mass is 35.5. The number of ketones is 1. The van der Waals surface area contributed by atoms with Crippen LogP contribution in [0.25, 0.3) is 5.52 Å². The first-order chi connectivity index (χ1) is 11.1. The summed E-state index contributed by atoms with van der Waals surface area (Å²) in [5, 5.41) is 4.72. The van der Waals surface area contributed by atoms with Gasteiger partial charge < -0.3 is 4.74 Å². The summed E-state index contributed by atoms with van der Waals surface area (Å²) in [6.45, 7) is 1.99. The fourth-order valence-corrected chi connectivity index (χ4v) is 2.45. The van der Waals surface area contributed by atoms with E-state index < -0.39 is 5.97 Å². The SMILES string of the molecule is CCOC(=O)c1cc(C(=O)c2ccc(Cl)cc2)n2ncccc12. The smallest absolute Gasteiger partial charge is 0.340 e. The zero-order valence-electron chi connectivity index (χ0n) is 12.3. The van der Waals surface area contributed by atoms with Crippen molar-refractivity contribution in [1.29, 1.82) is 0 Å². The Kier molecular flexibility index (Phi) is 4.12. The van der Waals surface area contributed by atoms with Gasteiger partial charge >= 0.3 is 5.97 Å². The third-order valence-corrected chi connectivity index (χ3v) is 3.62. The summed E-state index contributed by atoms with van der Waals surface area (Å²) in [6, 6.07) is 11.5. The Hall–Kier alpha value is -2.66. The topological polar surface area (TPSA) is 60.7 Å². The molecule has 23 heavy (non-hydrogen) atoms. The number of hydrogen-bond donors (Lipinski definition) is 0. The van der Waals surface area contributed by atoms with Gasteiger partial charge in [0, 0.05) is 16.8 Å². The average Bonchev–Trinajstić information content (AvgIpc) is 2.95. The lowest BCUT2D eigenvalue weighted by atomic mass is 10.1. The van der Waals surface area contributed by atoms with E-state index in [1.165, 1.54) is 10.6 Å². The Balaban J connectivity index is 2.12. The third kappa shape index (κ3) is 2.83. The van der Waals surface area contributed by atoms with Crippen molar-refractivity contribution in [3.63, 3.8) is 0 Å². The second-order valence-corrected chi connectivity index (χ2v) is 5.26. The van der Waals surface area contributed by atoms with E-state index >= 15 is 0 Å². The molecule has 0 fully saturated rings. The molecule has 0 aliphatic heterocycles. The minimum atomic E-state index is -0.479. The zero-order valence-corrected chi connectivity index (χ0v) is 13.1. The molecule has 0 aliphatic rings. The van der Waals surface area contributed by atoms with Crippen molar-refractivity contribution < 1.29 is 14.3 Å². The minimum absolute atomic E-state index is 0.245. The number of hydrogen-bond acceptors (Lipinski definition) is 4. The van der Waals surface area contributed by atoms with Crippen molar-refractivity contribution in [2.45, 2.75) is 6.92 Å². The van der Waals surface area contributed by atoms with Gasteiger partial charge in [-0.15, -0.1) is 0 Å². The summed E-state index contributed by atoms with van der Waals surface area (Å²) in [5.74, 6) is -0.723. The zero-order chi connectivity index (χ0) is 16.4. The lowest BCUT2D eigenvalue weighted by Gasteiger charge is -2.01. The van der Waals surface area contributed by atoms with Crippen molar-refractivity contribution >= 4 is 28.9 Å². The highest BCUT2D eigenvalue weighted by molar-refractivity contribution is 6.30. The highest BCUT2D eigenvalue weighted by Crippen LogP contribution is 2.20. The molecule has 6 heteroatoms. The van der Waals surface area contributed by atoms with Crippen LogP contribution in [0.2, 0.25) is 5.02 Å². The van der Waals surface area contributed by atoms with Gasteiger partial charge in [0.15, 0.2) is 0 Å². The molecule has 3 rings (SSSR count). The van der Waals surface area contributed by atoms with E-state index in [-0.39, 0.29) is 12.4 Å². The molecule has 0 saturated carbocycles. The first-order valence-corrected chi connectivity index (χ1v) is 7.43. The first kappa shape index (κ1) is 15.2. The molecule has 3 aromatic rings. The van der Waals surface area contributed by atoms with E-state index in [2.05, 4.69) is 5.10 Å². The molecule has 0 saturated heterocycles. The molecule has 0 atom stereocenters. The van der Waals surface area contributed by atoms with E-state index in [0.717, 1.165) is 0 Å². The van der Waals surface area contributed by atoms with Gasteiger partial charge in [-0.05, 0) is 49.4 Å². The van der Waals surface area contributed by atoms with Crippen LogP contribution in [0.3, 0.4) is 0 Å². The third-order valence-electron chi connectivity index (χ3n) is 3.37. The van der Waals surface area contributed by atoms with Gasteiger partial charge in [0.25, 0.3) is 0 Å². The van der Waals surface area contributed by atoms with E-state index in [9.17, 15) is 9.59 Å². The van der Waals surface area contributed by atoms with E-state index in [4.69, 9.17) is 16.3 Å². The molecule has 0 amide bonds. The molecule has 0 N–H and O–H groups in total. The molecule has 5 nitrogen and oxygen atoms in total. The number of carbonyl (C=O) groups is 2. The Morgan fingerprint density at radius 1 is 1.22 bits per heavy atom. The Labute approximate surface area is 137 Å². The standard InChI is InChI=1S/C17H13ClN2O3/c1-2-23-17(22)13-10-15(20-14(13)4-3-9-19-20)16(21)11-5-7-12(18)8-6-11/h3-10H,2H2,1H3. The lowest BCUT2D eigenvalue weighted by molar-refractivity contribution is 0.0528. The monoisotopic (exact) mass is 328 g/mol. The maximum Gasteiger partial charge on any atom is 0.340 e. The van der Waals surface area contributed by atoms with Gasteiger partial charge in [-0.2, -0.15) is 5.10 Å². The fraction of sp³-hybridized carbons (Fsp3) is 0.118. The van der Waals surface area contributed by atoms with Crippen molar-refractivity contribution in [3.8, 4) is 0 Å².